The first kappa shape index (κ1) is 13.0. The second-order valence-electron chi connectivity index (χ2n) is 5.13. The number of aliphatic hydroxyl groups is 1. The summed E-state index contributed by atoms with van der Waals surface area (Å²) in [6.07, 6.45) is 4.01. The molecule has 0 heterocycles. The lowest BCUT2D eigenvalue weighted by Gasteiger charge is -2.30. The van der Waals surface area contributed by atoms with Crippen LogP contribution in [0.1, 0.15) is 44.3 Å². The Morgan fingerprint density at radius 2 is 1.94 bits per heavy atom. The molecule has 0 aliphatic heterocycles. The summed E-state index contributed by atoms with van der Waals surface area (Å²) in [5.74, 6) is 0.813. The van der Waals surface area contributed by atoms with E-state index >= 15 is 0 Å². The second kappa shape index (κ2) is 5.49. The van der Waals surface area contributed by atoms with Gasteiger partial charge in [0.15, 0.2) is 0 Å². The van der Waals surface area contributed by atoms with Gasteiger partial charge in [-0.3, -0.25) is 0 Å². The number of hydrogen-bond acceptors (Lipinski definition) is 1. The van der Waals surface area contributed by atoms with Crippen molar-refractivity contribution in [3.05, 3.63) is 34.1 Å². The van der Waals surface area contributed by atoms with E-state index in [0.717, 1.165) is 24.3 Å². The zero-order valence-corrected chi connectivity index (χ0v) is 11.6. The molecule has 1 atom stereocenters. The van der Waals surface area contributed by atoms with E-state index < -0.39 is 6.10 Å². The van der Waals surface area contributed by atoms with Gasteiger partial charge in [-0.2, -0.15) is 0 Å². The highest BCUT2D eigenvalue weighted by molar-refractivity contribution is 9.10. The molecule has 1 aliphatic carbocycles. The molecule has 1 nitrogen and oxygen atoms in total. The lowest BCUT2D eigenvalue weighted by atomic mass is 9.78. The van der Waals surface area contributed by atoms with Gasteiger partial charge in [0.2, 0.25) is 0 Å². The molecule has 17 heavy (non-hydrogen) atoms. The Balaban J connectivity index is 2.11. The summed E-state index contributed by atoms with van der Waals surface area (Å²) in [7, 11) is 0. The fourth-order valence-electron chi connectivity index (χ4n) is 2.60. The van der Waals surface area contributed by atoms with Gasteiger partial charge in [-0.05, 0) is 42.4 Å². The number of benzene rings is 1. The van der Waals surface area contributed by atoms with E-state index in [-0.39, 0.29) is 5.82 Å². The molecule has 0 radical (unpaired) electrons. The predicted molar refractivity (Wildman–Crippen MR) is 70.2 cm³/mol. The van der Waals surface area contributed by atoms with Crippen LogP contribution in [0.4, 0.5) is 4.39 Å². The number of hydrogen-bond donors (Lipinski definition) is 1. The van der Waals surface area contributed by atoms with Crippen molar-refractivity contribution in [1.82, 2.24) is 0 Å². The molecule has 1 aromatic carbocycles. The van der Waals surface area contributed by atoms with Gasteiger partial charge in [-0.1, -0.05) is 41.8 Å². The molecule has 3 heteroatoms. The fourth-order valence-corrected chi connectivity index (χ4v) is 3.18. The van der Waals surface area contributed by atoms with Crippen LogP contribution >= 0.6 is 15.9 Å². The van der Waals surface area contributed by atoms with E-state index in [9.17, 15) is 9.50 Å². The van der Waals surface area contributed by atoms with Crippen LogP contribution in [0.5, 0.6) is 0 Å². The molecule has 1 unspecified atom stereocenters. The summed E-state index contributed by atoms with van der Waals surface area (Å²) in [4.78, 5) is 0. The number of rotatable bonds is 2. The van der Waals surface area contributed by atoms with Gasteiger partial charge in [0.25, 0.3) is 0 Å². The Morgan fingerprint density at radius 1 is 1.29 bits per heavy atom. The van der Waals surface area contributed by atoms with E-state index in [0.29, 0.717) is 10.4 Å². The summed E-state index contributed by atoms with van der Waals surface area (Å²) in [6, 6.07) is 4.51. The Morgan fingerprint density at radius 3 is 2.53 bits per heavy atom. The van der Waals surface area contributed by atoms with Crippen LogP contribution in [-0.4, -0.2) is 5.11 Å². The summed E-state index contributed by atoms with van der Waals surface area (Å²) in [5.41, 5.74) is 0.811. The Bertz CT molecular complexity index is 386. The van der Waals surface area contributed by atoms with Crippen LogP contribution in [0.15, 0.2) is 22.7 Å². The van der Waals surface area contributed by atoms with E-state index in [2.05, 4.69) is 22.9 Å². The first-order chi connectivity index (χ1) is 8.08. The van der Waals surface area contributed by atoms with Gasteiger partial charge < -0.3 is 5.11 Å². The van der Waals surface area contributed by atoms with Crippen molar-refractivity contribution in [3.63, 3.8) is 0 Å². The molecule has 2 rings (SSSR count). The standard InChI is InChI=1S/C14H18BrFO/c1-9-2-4-10(5-3-9)14(17)12-7-6-11(16)8-13(12)15/h6-10,14,17H,2-5H2,1H3. The first-order valence-corrected chi connectivity index (χ1v) is 7.00. The minimum atomic E-state index is -0.475. The van der Waals surface area contributed by atoms with Crippen LogP contribution in [0.25, 0.3) is 0 Å². The van der Waals surface area contributed by atoms with Gasteiger partial charge in [-0.25, -0.2) is 4.39 Å². The third-order valence-corrected chi connectivity index (χ3v) is 4.47. The molecular weight excluding hydrogens is 283 g/mol. The SMILES string of the molecule is CC1CCC(C(O)c2ccc(F)cc2Br)CC1. The van der Waals surface area contributed by atoms with Crippen molar-refractivity contribution in [2.45, 2.75) is 38.7 Å². The lowest BCUT2D eigenvalue weighted by molar-refractivity contribution is 0.0749. The maximum absolute atomic E-state index is 13.0. The molecular formula is C14H18BrFO. The van der Waals surface area contributed by atoms with Gasteiger partial charge in [0, 0.05) is 4.47 Å². The third kappa shape index (κ3) is 3.08. The zero-order valence-electron chi connectivity index (χ0n) is 10.00. The van der Waals surface area contributed by atoms with Crippen molar-refractivity contribution in [3.8, 4) is 0 Å². The van der Waals surface area contributed by atoms with Gasteiger partial charge >= 0.3 is 0 Å². The lowest BCUT2D eigenvalue weighted by Crippen LogP contribution is -2.19. The van der Waals surface area contributed by atoms with Crippen LogP contribution in [0, 0.1) is 17.7 Å². The smallest absolute Gasteiger partial charge is 0.124 e. The average Bonchev–Trinajstić information content (AvgIpc) is 2.29. The minimum Gasteiger partial charge on any atom is -0.388 e. The van der Waals surface area contributed by atoms with Crippen LogP contribution in [0.3, 0.4) is 0 Å². The number of aliphatic hydroxyl groups excluding tert-OH is 1. The Labute approximate surface area is 110 Å². The van der Waals surface area contributed by atoms with Gasteiger partial charge in [0.05, 0.1) is 6.10 Å². The number of halogens is 2. The zero-order chi connectivity index (χ0) is 12.4. The van der Waals surface area contributed by atoms with Crippen LogP contribution < -0.4 is 0 Å². The highest BCUT2D eigenvalue weighted by atomic mass is 79.9. The predicted octanol–water partition coefficient (Wildman–Crippen LogP) is 4.45. The van der Waals surface area contributed by atoms with Gasteiger partial charge in [-0.15, -0.1) is 0 Å². The maximum Gasteiger partial charge on any atom is 0.124 e. The molecule has 0 spiro atoms. The molecule has 1 aromatic rings. The first-order valence-electron chi connectivity index (χ1n) is 6.21. The normalized spacial score (nSPS) is 26.8. The molecule has 0 bridgehead atoms. The highest BCUT2D eigenvalue weighted by Gasteiger charge is 2.26. The van der Waals surface area contributed by atoms with Crippen LogP contribution in [0.2, 0.25) is 0 Å². The monoisotopic (exact) mass is 300 g/mol. The highest BCUT2D eigenvalue weighted by Crippen LogP contribution is 2.38. The van der Waals surface area contributed by atoms with Crippen molar-refractivity contribution < 1.29 is 9.50 Å². The third-order valence-electron chi connectivity index (χ3n) is 3.79. The summed E-state index contributed by atoms with van der Waals surface area (Å²) in [5, 5.41) is 10.4. The molecule has 0 amide bonds. The molecule has 1 fully saturated rings. The molecule has 94 valence electrons. The molecule has 0 aromatic heterocycles. The average molecular weight is 301 g/mol. The fraction of sp³-hybridized carbons (Fsp3) is 0.571. The van der Waals surface area contributed by atoms with Crippen molar-refractivity contribution in [2.75, 3.05) is 0 Å². The van der Waals surface area contributed by atoms with Crippen LogP contribution in [-0.2, 0) is 0 Å². The molecule has 1 N–H and O–H groups in total. The molecule has 1 aliphatic rings. The Kier molecular flexibility index (Phi) is 4.21. The van der Waals surface area contributed by atoms with E-state index in [1.54, 1.807) is 6.07 Å². The molecule has 1 saturated carbocycles. The van der Waals surface area contributed by atoms with E-state index in [1.807, 2.05) is 0 Å². The second-order valence-corrected chi connectivity index (χ2v) is 5.98. The topological polar surface area (TPSA) is 20.2 Å². The minimum absolute atomic E-state index is 0.273. The molecule has 0 saturated heterocycles. The van der Waals surface area contributed by atoms with E-state index in [4.69, 9.17) is 0 Å². The van der Waals surface area contributed by atoms with Crippen molar-refractivity contribution in [2.24, 2.45) is 11.8 Å². The summed E-state index contributed by atoms with van der Waals surface area (Å²) >= 11 is 3.33. The van der Waals surface area contributed by atoms with E-state index in [1.165, 1.54) is 25.0 Å². The maximum atomic E-state index is 13.0. The summed E-state index contributed by atoms with van der Waals surface area (Å²) < 4.78 is 13.7. The largest absolute Gasteiger partial charge is 0.388 e. The van der Waals surface area contributed by atoms with Crippen molar-refractivity contribution in [1.29, 1.82) is 0 Å². The quantitative estimate of drug-likeness (QED) is 0.855. The summed E-state index contributed by atoms with van der Waals surface area (Å²) in [6.45, 7) is 2.26. The van der Waals surface area contributed by atoms with Gasteiger partial charge in [0.1, 0.15) is 5.82 Å². The van der Waals surface area contributed by atoms with Crippen molar-refractivity contribution >= 4 is 15.9 Å². The Hall–Kier alpha value is -0.410.